The number of unbranched alkanes of at least 4 members (excludes halogenated alkanes) is 2. The number of thiocarbonyl (C=S) groups is 1. The van der Waals surface area contributed by atoms with Gasteiger partial charge in [-0.2, -0.15) is 0 Å². The molecule has 0 saturated carbocycles. The molecule has 1 aliphatic heterocycles. The molecule has 0 aromatic heterocycles. The third-order valence-electron chi connectivity index (χ3n) is 3.29. The standard InChI is InChI=1S/C16H16FNO3S2/c17-12-6-4-5-11(9-12)10-13-15(21)18(16(22)23-13)8-3-1-2-7-14(19)20/h4-6,9-10H,1-3,7-8H2,(H,19,20)/b13-10+. The van der Waals surface area contributed by atoms with Crippen LogP contribution in [0.15, 0.2) is 29.2 Å². The first-order chi connectivity index (χ1) is 11.0. The van der Waals surface area contributed by atoms with Crippen LogP contribution in [0.4, 0.5) is 4.39 Å². The molecule has 0 unspecified atom stereocenters. The Morgan fingerprint density at radius 2 is 2.13 bits per heavy atom. The molecule has 1 N–H and O–H groups in total. The molecule has 0 spiro atoms. The van der Waals surface area contributed by atoms with Gasteiger partial charge in [0.1, 0.15) is 10.1 Å². The Kier molecular flexibility index (Phi) is 6.29. The van der Waals surface area contributed by atoms with Crippen LogP contribution in [-0.4, -0.2) is 32.7 Å². The van der Waals surface area contributed by atoms with Gasteiger partial charge in [0.2, 0.25) is 0 Å². The molecule has 1 aliphatic rings. The summed E-state index contributed by atoms with van der Waals surface area (Å²) in [6.45, 7) is 0.477. The molecule has 2 rings (SSSR count). The first-order valence-corrected chi connectivity index (χ1v) is 8.42. The van der Waals surface area contributed by atoms with Crippen LogP contribution in [0.1, 0.15) is 31.2 Å². The summed E-state index contributed by atoms with van der Waals surface area (Å²) in [6, 6.07) is 6.02. The maximum absolute atomic E-state index is 13.2. The summed E-state index contributed by atoms with van der Waals surface area (Å²) in [7, 11) is 0. The van der Waals surface area contributed by atoms with Gasteiger partial charge in [-0.15, -0.1) is 0 Å². The molecule has 0 radical (unpaired) electrons. The Hall–Kier alpha value is -1.73. The molecule has 1 heterocycles. The molecular weight excluding hydrogens is 337 g/mol. The summed E-state index contributed by atoms with van der Waals surface area (Å²) in [5.74, 6) is -1.34. The van der Waals surface area contributed by atoms with Gasteiger partial charge >= 0.3 is 5.97 Å². The van der Waals surface area contributed by atoms with Crippen molar-refractivity contribution in [3.63, 3.8) is 0 Å². The summed E-state index contributed by atoms with van der Waals surface area (Å²) < 4.78 is 13.7. The number of nitrogens with zero attached hydrogens (tertiary/aromatic N) is 1. The van der Waals surface area contributed by atoms with E-state index in [9.17, 15) is 14.0 Å². The predicted octanol–water partition coefficient (Wildman–Crippen LogP) is 3.67. The third kappa shape index (κ3) is 5.14. The lowest BCUT2D eigenvalue weighted by atomic mass is 10.2. The Morgan fingerprint density at radius 1 is 1.35 bits per heavy atom. The normalized spacial score (nSPS) is 16.4. The summed E-state index contributed by atoms with van der Waals surface area (Å²) >= 11 is 6.42. The number of halogens is 1. The van der Waals surface area contributed by atoms with E-state index in [1.54, 1.807) is 18.2 Å². The molecule has 1 aromatic carbocycles. The van der Waals surface area contributed by atoms with E-state index < -0.39 is 5.97 Å². The summed E-state index contributed by atoms with van der Waals surface area (Å²) in [6.07, 6.45) is 3.78. The Bertz CT molecular complexity index is 660. The van der Waals surface area contributed by atoms with Gasteiger partial charge < -0.3 is 5.11 Å². The minimum atomic E-state index is -0.811. The summed E-state index contributed by atoms with van der Waals surface area (Å²) in [4.78, 5) is 24.8. The second kappa shape index (κ2) is 8.21. The van der Waals surface area contributed by atoms with Crippen molar-refractivity contribution < 1.29 is 19.1 Å². The van der Waals surface area contributed by atoms with E-state index in [-0.39, 0.29) is 18.1 Å². The van der Waals surface area contributed by atoms with Crippen LogP contribution in [0, 0.1) is 5.82 Å². The van der Waals surface area contributed by atoms with Crippen molar-refractivity contribution in [2.75, 3.05) is 6.54 Å². The number of hydrogen-bond acceptors (Lipinski definition) is 4. The lowest BCUT2D eigenvalue weighted by molar-refractivity contribution is -0.137. The number of carboxylic acids is 1. The molecule has 122 valence electrons. The molecule has 1 saturated heterocycles. The Morgan fingerprint density at radius 3 is 2.83 bits per heavy atom. The lowest BCUT2D eigenvalue weighted by Gasteiger charge is -2.13. The van der Waals surface area contributed by atoms with E-state index in [2.05, 4.69) is 0 Å². The predicted molar refractivity (Wildman–Crippen MR) is 92.4 cm³/mol. The van der Waals surface area contributed by atoms with Crippen molar-refractivity contribution in [2.24, 2.45) is 0 Å². The minimum Gasteiger partial charge on any atom is -0.481 e. The highest BCUT2D eigenvalue weighted by Gasteiger charge is 2.31. The highest BCUT2D eigenvalue weighted by atomic mass is 32.2. The highest BCUT2D eigenvalue weighted by Crippen LogP contribution is 2.32. The van der Waals surface area contributed by atoms with Crippen molar-refractivity contribution in [2.45, 2.75) is 25.7 Å². The van der Waals surface area contributed by atoms with Crippen molar-refractivity contribution in [1.82, 2.24) is 4.90 Å². The average molecular weight is 353 g/mol. The van der Waals surface area contributed by atoms with Crippen LogP contribution in [0.2, 0.25) is 0 Å². The van der Waals surface area contributed by atoms with Gasteiger partial charge in [0.25, 0.3) is 5.91 Å². The van der Waals surface area contributed by atoms with E-state index in [1.165, 1.54) is 28.8 Å². The molecule has 1 fully saturated rings. The lowest BCUT2D eigenvalue weighted by Crippen LogP contribution is -2.29. The number of thioether (sulfide) groups is 1. The number of benzene rings is 1. The molecular formula is C16H16FNO3S2. The SMILES string of the molecule is O=C(O)CCCCCN1C(=O)/C(=C\c2cccc(F)c2)SC1=S. The zero-order chi connectivity index (χ0) is 16.8. The zero-order valence-electron chi connectivity index (χ0n) is 12.3. The van der Waals surface area contributed by atoms with Crippen molar-refractivity contribution in [3.05, 3.63) is 40.6 Å². The largest absolute Gasteiger partial charge is 0.481 e. The van der Waals surface area contributed by atoms with Crippen LogP contribution < -0.4 is 0 Å². The number of rotatable bonds is 7. The van der Waals surface area contributed by atoms with Crippen molar-refractivity contribution >= 4 is 46.3 Å². The number of carboxylic acid groups (broad SMARTS) is 1. The number of hydrogen-bond donors (Lipinski definition) is 1. The van der Waals surface area contributed by atoms with Crippen molar-refractivity contribution in [3.8, 4) is 0 Å². The number of carbonyl (C=O) groups excluding carboxylic acids is 1. The maximum atomic E-state index is 13.2. The number of amides is 1. The fourth-order valence-electron chi connectivity index (χ4n) is 2.16. The molecule has 0 atom stereocenters. The smallest absolute Gasteiger partial charge is 0.303 e. The van der Waals surface area contributed by atoms with Gasteiger partial charge in [-0.3, -0.25) is 14.5 Å². The van der Waals surface area contributed by atoms with Crippen LogP contribution in [-0.2, 0) is 9.59 Å². The van der Waals surface area contributed by atoms with Crippen LogP contribution >= 0.6 is 24.0 Å². The Balaban J connectivity index is 1.93. The molecule has 23 heavy (non-hydrogen) atoms. The minimum absolute atomic E-state index is 0.137. The van der Waals surface area contributed by atoms with Crippen LogP contribution in [0.3, 0.4) is 0 Å². The fourth-order valence-corrected chi connectivity index (χ4v) is 3.47. The molecule has 0 aliphatic carbocycles. The van der Waals surface area contributed by atoms with Gasteiger partial charge in [-0.05, 0) is 36.6 Å². The van der Waals surface area contributed by atoms with Gasteiger partial charge in [-0.25, -0.2) is 4.39 Å². The first-order valence-electron chi connectivity index (χ1n) is 7.20. The molecule has 7 heteroatoms. The van der Waals surface area contributed by atoms with E-state index in [0.717, 1.165) is 6.42 Å². The van der Waals surface area contributed by atoms with E-state index in [1.807, 2.05) is 0 Å². The van der Waals surface area contributed by atoms with E-state index in [0.29, 0.717) is 34.2 Å². The van der Waals surface area contributed by atoms with Gasteiger partial charge in [0.15, 0.2) is 0 Å². The number of carbonyl (C=O) groups is 2. The molecule has 4 nitrogen and oxygen atoms in total. The zero-order valence-corrected chi connectivity index (χ0v) is 14.0. The van der Waals surface area contributed by atoms with E-state index >= 15 is 0 Å². The summed E-state index contributed by atoms with van der Waals surface area (Å²) in [5.41, 5.74) is 0.618. The topological polar surface area (TPSA) is 57.6 Å². The first kappa shape index (κ1) is 17.6. The summed E-state index contributed by atoms with van der Waals surface area (Å²) in [5, 5.41) is 8.58. The molecule has 0 bridgehead atoms. The van der Waals surface area contributed by atoms with E-state index in [4.69, 9.17) is 17.3 Å². The van der Waals surface area contributed by atoms with Crippen LogP contribution in [0.25, 0.3) is 6.08 Å². The van der Waals surface area contributed by atoms with Crippen molar-refractivity contribution in [1.29, 1.82) is 0 Å². The van der Waals surface area contributed by atoms with Crippen LogP contribution in [0.5, 0.6) is 0 Å². The second-order valence-corrected chi connectivity index (χ2v) is 6.77. The Labute approximate surface area is 143 Å². The molecule has 1 aromatic rings. The average Bonchev–Trinajstić information content (AvgIpc) is 2.74. The quantitative estimate of drug-likeness (QED) is 0.460. The van der Waals surface area contributed by atoms with Gasteiger partial charge in [-0.1, -0.05) is 42.5 Å². The highest BCUT2D eigenvalue weighted by molar-refractivity contribution is 8.26. The number of aliphatic carboxylic acids is 1. The fraction of sp³-hybridized carbons (Fsp3) is 0.312. The maximum Gasteiger partial charge on any atom is 0.303 e. The van der Waals surface area contributed by atoms with Gasteiger partial charge in [0, 0.05) is 13.0 Å². The monoisotopic (exact) mass is 353 g/mol. The van der Waals surface area contributed by atoms with Gasteiger partial charge in [0.05, 0.1) is 4.91 Å². The molecule has 1 amide bonds. The second-order valence-electron chi connectivity index (χ2n) is 5.09. The third-order valence-corrected chi connectivity index (χ3v) is 4.67.